The van der Waals surface area contributed by atoms with Gasteiger partial charge in [-0.25, -0.2) is 13.6 Å². The van der Waals surface area contributed by atoms with Gasteiger partial charge in [0, 0.05) is 6.07 Å². The van der Waals surface area contributed by atoms with Gasteiger partial charge < -0.3 is 4.74 Å². The number of nitrogens with zero attached hydrogens (tertiary/aromatic N) is 1. The molecule has 1 amide bonds. The summed E-state index contributed by atoms with van der Waals surface area (Å²) in [5.74, 6) is -1.64. The lowest BCUT2D eigenvalue weighted by molar-refractivity contribution is 0.0567. The molecule has 0 spiro atoms. The van der Waals surface area contributed by atoms with Gasteiger partial charge in [0.05, 0.1) is 12.2 Å². The van der Waals surface area contributed by atoms with Crippen molar-refractivity contribution in [3.63, 3.8) is 0 Å². The summed E-state index contributed by atoms with van der Waals surface area (Å²) < 4.78 is 33.2. The molecule has 1 atom stereocenters. The maximum Gasteiger partial charge on any atom is 0.414 e. The van der Waals surface area contributed by atoms with Gasteiger partial charge >= 0.3 is 6.09 Å². The third-order valence-electron chi connectivity index (χ3n) is 5.12. The third kappa shape index (κ3) is 6.55. The Labute approximate surface area is 172 Å². The van der Waals surface area contributed by atoms with Crippen LogP contribution in [0.4, 0.5) is 19.3 Å². The summed E-state index contributed by atoms with van der Waals surface area (Å²) in [5, 5.41) is 0. The van der Waals surface area contributed by atoms with Gasteiger partial charge in [0.25, 0.3) is 0 Å². The second kappa shape index (κ2) is 11.5. The van der Waals surface area contributed by atoms with E-state index in [-0.39, 0.29) is 18.3 Å². The van der Waals surface area contributed by atoms with Crippen molar-refractivity contribution in [3.05, 3.63) is 65.7 Å². The Bertz CT molecular complexity index is 761. The third-order valence-corrected chi connectivity index (χ3v) is 5.12. The van der Waals surface area contributed by atoms with Crippen LogP contribution in [0.15, 0.2) is 48.5 Å². The van der Waals surface area contributed by atoms with Gasteiger partial charge in [-0.3, -0.25) is 4.90 Å². The summed E-state index contributed by atoms with van der Waals surface area (Å²) >= 11 is 0. The summed E-state index contributed by atoms with van der Waals surface area (Å²) in [6.45, 7) is 6.48. The minimum Gasteiger partial charge on any atom is -0.446 e. The van der Waals surface area contributed by atoms with Crippen molar-refractivity contribution in [2.45, 2.75) is 65.5 Å². The van der Waals surface area contributed by atoms with Gasteiger partial charge in [0.1, 0.15) is 6.10 Å². The fraction of sp³-hybridized carbons (Fsp3) is 0.458. The lowest BCUT2D eigenvalue weighted by Gasteiger charge is -2.30. The van der Waals surface area contributed by atoms with Crippen LogP contribution in [0.5, 0.6) is 0 Å². The molecule has 0 saturated heterocycles. The van der Waals surface area contributed by atoms with E-state index in [0.717, 1.165) is 43.4 Å². The van der Waals surface area contributed by atoms with Crippen molar-refractivity contribution in [1.29, 1.82) is 0 Å². The highest BCUT2D eigenvalue weighted by atomic mass is 19.2. The van der Waals surface area contributed by atoms with Crippen LogP contribution in [0, 0.1) is 17.6 Å². The lowest BCUT2D eigenvalue weighted by atomic mass is 9.91. The molecule has 2 aromatic rings. The molecule has 2 aromatic carbocycles. The Morgan fingerprint density at radius 1 is 0.966 bits per heavy atom. The molecule has 2 rings (SSSR count). The van der Waals surface area contributed by atoms with E-state index in [1.54, 1.807) is 0 Å². The molecule has 0 saturated carbocycles. The molecule has 0 aromatic heterocycles. The second-order valence-corrected chi connectivity index (χ2v) is 7.34. The highest BCUT2D eigenvalue weighted by molar-refractivity contribution is 5.87. The Morgan fingerprint density at radius 2 is 1.62 bits per heavy atom. The zero-order valence-electron chi connectivity index (χ0n) is 17.5. The van der Waals surface area contributed by atoms with Gasteiger partial charge in [-0.15, -0.1) is 0 Å². The Hall–Kier alpha value is -2.43. The molecule has 0 fully saturated rings. The van der Waals surface area contributed by atoms with E-state index < -0.39 is 17.7 Å². The van der Waals surface area contributed by atoms with Crippen LogP contribution >= 0.6 is 0 Å². The molecule has 0 bridgehead atoms. The minimum atomic E-state index is -0.991. The number of hydrogen-bond acceptors (Lipinski definition) is 2. The van der Waals surface area contributed by atoms with Crippen LogP contribution < -0.4 is 4.90 Å². The van der Waals surface area contributed by atoms with E-state index >= 15 is 0 Å². The number of ether oxygens (including phenoxy) is 1. The van der Waals surface area contributed by atoms with Crippen LogP contribution in [-0.2, 0) is 11.3 Å². The topological polar surface area (TPSA) is 29.5 Å². The van der Waals surface area contributed by atoms with Crippen LogP contribution in [-0.4, -0.2) is 12.2 Å². The van der Waals surface area contributed by atoms with Crippen LogP contribution in [0.25, 0.3) is 0 Å². The van der Waals surface area contributed by atoms with E-state index in [4.69, 9.17) is 4.74 Å². The van der Waals surface area contributed by atoms with Gasteiger partial charge in [-0.05, 0) is 42.9 Å². The average molecular weight is 404 g/mol. The average Bonchev–Trinajstić information content (AvgIpc) is 2.73. The summed E-state index contributed by atoms with van der Waals surface area (Å²) in [7, 11) is 0. The summed E-state index contributed by atoms with van der Waals surface area (Å²) in [5.41, 5.74) is 1.15. The molecule has 0 N–H and O–H groups in total. The first-order valence-electron chi connectivity index (χ1n) is 10.5. The van der Waals surface area contributed by atoms with Crippen molar-refractivity contribution in [3.8, 4) is 0 Å². The Morgan fingerprint density at radius 3 is 2.17 bits per heavy atom. The highest BCUT2D eigenvalue weighted by Gasteiger charge is 2.27. The number of benzene rings is 2. The number of amides is 1. The molecular formula is C24H31F2NO2. The summed E-state index contributed by atoms with van der Waals surface area (Å²) in [6, 6.07) is 12.9. The summed E-state index contributed by atoms with van der Waals surface area (Å²) in [6.07, 6.45) is 4.00. The van der Waals surface area contributed by atoms with Crippen molar-refractivity contribution in [1.82, 2.24) is 0 Å². The number of rotatable bonds is 10. The normalized spacial score (nSPS) is 12.1. The van der Waals surface area contributed by atoms with Crippen molar-refractivity contribution >= 4 is 11.8 Å². The maximum absolute atomic E-state index is 13.8. The van der Waals surface area contributed by atoms with Gasteiger partial charge in [0.15, 0.2) is 11.6 Å². The standard InChI is InChI=1S/C24H31F2NO2/c1-4-10-19(11-5-2)23(6-3)29-24(28)27(17-18-12-8-7-9-13-18)20-14-15-21(25)22(26)16-20/h7-9,12-16,19,23H,4-6,10-11,17H2,1-3H3/t23-/m0/s1. The number of carbonyl (C=O) groups is 1. The molecule has 0 radical (unpaired) electrons. The molecular weight excluding hydrogens is 372 g/mol. The van der Waals surface area contributed by atoms with Crippen molar-refractivity contribution < 1.29 is 18.3 Å². The second-order valence-electron chi connectivity index (χ2n) is 7.34. The monoisotopic (exact) mass is 403 g/mol. The van der Waals surface area contributed by atoms with Crippen LogP contribution in [0.2, 0.25) is 0 Å². The predicted octanol–water partition coefficient (Wildman–Crippen LogP) is 7.10. The van der Waals surface area contributed by atoms with Gasteiger partial charge in [-0.2, -0.15) is 0 Å². The molecule has 158 valence electrons. The number of hydrogen-bond donors (Lipinski definition) is 0. The fourth-order valence-electron chi connectivity index (χ4n) is 3.64. The molecule has 0 aliphatic carbocycles. The summed E-state index contributed by atoms with van der Waals surface area (Å²) in [4.78, 5) is 14.5. The minimum absolute atomic E-state index is 0.203. The number of carbonyl (C=O) groups excluding carboxylic acids is 1. The number of halogens is 2. The van der Waals surface area contributed by atoms with E-state index in [9.17, 15) is 13.6 Å². The molecule has 0 aliphatic rings. The molecule has 29 heavy (non-hydrogen) atoms. The first-order chi connectivity index (χ1) is 14.0. The van der Waals surface area contributed by atoms with E-state index in [1.807, 2.05) is 37.3 Å². The van der Waals surface area contributed by atoms with Gasteiger partial charge in [-0.1, -0.05) is 63.9 Å². The van der Waals surface area contributed by atoms with E-state index in [2.05, 4.69) is 13.8 Å². The first kappa shape index (κ1) is 22.9. The molecule has 5 heteroatoms. The Kier molecular flexibility index (Phi) is 9.10. The zero-order chi connectivity index (χ0) is 21.2. The quantitative estimate of drug-likeness (QED) is 0.423. The maximum atomic E-state index is 13.8. The Balaban J connectivity index is 2.28. The molecule has 0 heterocycles. The van der Waals surface area contributed by atoms with E-state index in [1.165, 1.54) is 11.0 Å². The highest BCUT2D eigenvalue weighted by Crippen LogP contribution is 2.26. The molecule has 3 nitrogen and oxygen atoms in total. The SMILES string of the molecule is CCCC(CCC)[C@H](CC)OC(=O)N(Cc1ccccc1)c1ccc(F)c(F)c1. The van der Waals surface area contributed by atoms with Crippen molar-refractivity contribution in [2.24, 2.45) is 5.92 Å². The van der Waals surface area contributed by atoms with Gasteiger partial charge in [0.2, 0.25) is 0 Å². The zero-order valence-corrected chi connectivity index (χ0v) is 17.5. The largest absolute Gasteiger partial charge is 0.446 e. The lowest BCUT2D eigenvalue weighted by Crippen LogP contribution is -2.36. The fourth-order valence-corrected chi connectivity index (χ4v) is 3.64. The molecule has 0 unspecified atom stereocenters. The smallest absolute Gasteiger partial charge is 0.414 e. The van der Waals surface area contributed by atoms with Crippen molar-refractivity contribution in [2.75, 3.05) is 4.90 Å². The number of anilines is 1. The van der Waals surface area contributed by atoms with Crippen LogP contribution in [0.3, 0.4) is 0 Å². The molecule has 0 aliphatic heterocycles. The first-order valence-corrected chi connectivity index (χ1v) is 10.5. The van der Waals surface area contributed by atoms with E-state index in [0.29, 0.717) is 12.3 Å². The predicted molar refractivity (Wildman–Crippen MR) is 113 cm³/mol. The van der Waals surface area contributed by atoms with Crippen LogP contribution in [0.1, 0.15) is 58.4 Å².